The molecule has 100 valence electrons. The second-order valence-corrected chi connectivity index (χ2v) is 4.73. The summed E-state index contributed by atoms with van der Waals surface area (Å²) in [5.74, 6) is -0.742. The Bertz CT molecular complexity index is 432. The fraction of sp³-hybridized carbons (Fsp3) is 0.455. The summed E-state index contributed by atoms with van der Waals surface area (Å²) >= 11 is 2.97. The lowest BCUT2D eigenvalue weighted by Gasteiger charge is -2.22. The molecule has 1 saturated heterocycles. The normalized spacial score (nSPS) is 20.8. The van der Waals surface area contributed by atoms with Crippen LogP contribution in [0.3, 0.4) is 0 Å². The summed E-state index contributed by atoms with van der Waals surface area (Å²) in [7, 11) is 0. The lowest BCUT2D eigenvalue weighted by Crippen LogP contribution is -2.25. The van der Waals surface area contributed by atoms with E-state index < -0.39 is 18.1 Å². The van der Waals surface area contributed by atoms with Gasteiger partial charge in [-0.15, -0.1) is 0 Å². The van der Waals surface area contributed by atoms with Gasteiger partial charge in [0.05, 0.1) is 13.2 Å². The van der Waals surface area contributed by atoms with Gasteiger partial charge in [-0.3, -0.25) is 0 Å². The molecule has 2 nitrogen and oxygen atoms in total. The summed E-state index contributed by atoms with van der Waals surface area (Å²) in [4.78, 5) is 0. The van der Waals surface area contributed by atoms with Crippen LogP contribution in [0.15, 0.2) is 22.7 Å². The van der Waals surface area contributed by atoms with Gasteiger partial charge in [-0.1, -0.05) is 15.9 Å². The van der Waals surface area contributed by atoms with Gasteiger partial charge in [0.25, 0.3) is 0 Å². The van der Waals surface area contributed by atoms with E-state index in [1.165, 1.54) is 6.07 Å². The van der Waals surface area contributed by atoms with Gasteiger partial charge in [-0.2, -0.15) is 13.2 Å². The first-order chi connectivity index (χ1) is 8.38. The molecule has 1 aliphatic rings. The first-order valence-corrected chi connectivity index (χ1v) is 5.92. The molecule has 0 bridgehead atoms. The molecule has 0 saturated carbocycles. The number of epoxide rings is 1. The van der Waals surface area contributed by atoms with Gasteiger partial charge in [-0.25, -0.2) is 4.39 Å². The van der Waals surface area contributed by atoms with E-state index in [0.717, 1.165) is 12.1 Å². The van der Waals surface area contributed by atoms with Crippen LogP contribution in [0.4, 0.5) is 17.6 Å². The Hall–Kier alpha value is -0.660. The molecule has 1 aliphatic heterocycles. The third-order valence-electron chi connectivity index (χ3n) is 2.39. The molecule has 1 fully saturated rings. The van der Waals surface area contributed by atoms with Crippen molar-refractivity contribution in [3.05, 3.63) is 34.1 Å². The fourth-order valence-electron chi connectivity index (χ4n) is 1.44. The zero-order valence-corrected chi connectivity index (χ0v) is 10.6. The summed E-state index contributed by atoms with van der Waals surface area (Å²) in [6, 6.07) is 3.11. The molecule has 0 aliphatic carbocycles. The monoisotopic (exact) mass is 328 g/mol. The molecular formula is C11H9BrF4O2. The van der Waals surface area contributed by atoms with Crippen molar-refractivity contribution in [2.75, 3.05) is 13.2 Å². The van der Waals surface area contributed by atoms with Gasteiger partial charge in [-0.05, 0) is 18.2 Å². The van der Waals surface area contributed by atoms with Crippen LogP contribution in [0, 0.1) is 5.82 Å². The minimum Gasteiger partial charge on any atom is -0.371 e. The molecule has 0 radical (unpaired) electrons. The van der Waals surface area contributed by atoms with Crippen LogP contribution in [-0.4, -0.2) is 25.5 Å². The van der Waals surface area contributed by atoms with E-state index in [2.05, 4.69) is 15.9 Å². The van der Waals surface area contributed by atoms with Crippen molar-refractivity contribution in [3.8, 4) is 0 Å². The average molecular weight is 329 g/mol. The van der Waals surface area contributed by atoms with Crippen molar-refractivity contribution in [1.29, 1.82) is 0 Å². The summed E-state index contributed by atoms with van der Waals surface area (Å²) in [5, 5.41) is 0. The molecule has 18 heavy (non-hydrogen) atoms. The topological polar surface area (TPSA) is 21.8 Å². The molecule has 2 unspecified atom stereocenters. The smallest absolute Gasteiger partial charge is 0.371 e. The Morgan fingerprint density at radius 1 is 1.44 bits per heavy atom. The molecule has 2 atom stereocenters. The lowest BCUT2D eigenvalue weighted by atomic mass is 10.1. The number of halogens is 5. The first kappa shape index (κ1) is 13.8. The zero-order chi connectivity index (χ0) is 13.3. The number of alkyl halides is 3. The van der Waals surface area contributed by atoms with Crippen LogP contribution in [0.25, 0.3) is 0 Å². The molecule has 2 rings (SSSR count). The molecule has 0 spiro atoms. The Morgan fingerprint density at radius 2 is 2.11 bits per heavy atom. The van der Waals surface area contributed by atoms with Gasteiger partial charge in [0.2, 0.25) is 0 Å². The maximum atomic E-state index is 13.0. The second kappa shape index (κ2) is 5.14. The fourth-order valence-corrected chi connectivity index (χ4v) is 1.90. The minimum absolute atomic E-state index is 0.156. The van der Waals surface area contributed by atoms with Crippen LogP contribution < -0.4 is 0 Å². The molecule has 1 aromatic carbocycles. The highest BCUT2D eigenvalue weighted by Crippen LogP contribution is 2.39. The molecular weight excluding hydrogens is 320 g/mol. The lowest BCUT2D eigenvalue weighted by molar-refractivity contribution is -0.225. The van der Waals surface area contributed by atoms with Crippen LogP contribution in [0.1, 0.15) is 11.7 Å². The van der Waals surface area contributed by atoms with Gasteiger partial charge in [0, 0.05) is 10.0 Å². The van der Waals surface area contributed by atoms with Crippen LogP contribution in [-0.2, 0) is 9.47 Å². The highest BCUT2D eigenvalue weighted by molar-refractivity contribution is 9.10. The van der Waals surface area contributed by atoms with Crippen molar-refractivity contribution in [2.45, 2.75) is 18.4 Å². The van der Waals surface area contributed by atoms with E-state index in [9.17, 15) is 17.6 Å². The zero-order valence-electron chi connectivity index (χ0n) is 9.01. The Kier molecular flexibility index (Phi) is 3.93. The van der Waals surface area contributed by atoms with Crippen molar-refractivity contribution in [2.24, 2.45) is 0 Å². The summed E-state index contributed by atoms with van der Waals surface area (Å²) < 4.78 is 61.4. The van der Waals surface area contributed by atoms with Crippen LogP contribution in [0.2, 0.25) is 0 Å². The molecule has 0 N–H and O–H groups in total. The highest BCUT2D eigenvalue weighted by atomic mass is 79.9. The summed E-state index contributed by atoms with van der Waals surface area (Å²) in [6.45, 7) is 0.238. The number of ether oxygens (including phenoxy) is 2. The van der Waals surface area contributed by atoms with E-state index in [-0.39, 0.29) is 22.7 Å². The van der Waals surface area contributed by atoms with Gasteiger partial charge in [0.1, 0.15) is 11.9 Å². The summed E-state index contributed by atoms with van der Waals surface area (Å²) in [6.07, 6.45) is -7.06. The number of rotatable bonds is 4. The Morgan fingerprint density at radius 3 is 2.67 bits per heavy atom. The van der Waals surface area contributed by atoms with Gasteiger partial charge in [0.15, 0.2) is 6.10 Å². The average Bonchev–Trinajstić information content (AvgIpc) is 3.05. The second-order valence-electron chi connectivity index (χ2n) is 3.88. The maximum Gasteiger partial charge on any atom is 0.418 e. The molecule has 1 aromatic rings. The number of hydrogen-bond acceptors (Lipinski definition) is 2. The van der Waals surface area contributed by atoms with E-state index in [4.69, 9.17) is 9.47 Å². The van der Waals surface area contributed by atoms with E-state index >= 15 is 0 Å². The van der Waals surface area contributed by atoms with Crippen LogP contribution in [0.5, 0.6) is 0 Å². The predicted octanol–water partition coefficient (Wildman–Crippen LogP) is 3.61. The van der Waals surface area contributed by atoms with Crippen molar-refractivity contribution in [3.63, 3.8) is 0 Å². The SMILES string of the molecule is Fc1ccc(Br)c(C(OCC2CO2)C(F)(F)F)c1. The highest BCUT2D eigenvalue weighted by Gasteiger charge is 2.44. The number of benzene rings is 1. The first-order valence-electron chi connectivity index (χ1n) is 5.13. The van der Waals surface area contributed by atoms with E-state index in [1.54, 1.807) is 0 Å². The molecule has 0 amide bonds. The third kappa shape index (κ3) is 3.43. The van der Waals surface area contributed by atoms with Crippen molar-refractivity contribution >= 4 is 15.9 Å². The van der Waals surface area contributed by atoms with E-state index in [1.807, 2.05) is 0 Å². The maximum absolute atomic E-state index is 13.0. The third-order valence-corrected chi connectivity index (χ3v) is 3.11. The van der Waals surface area contributed by atoms with Crippen LogP contribution >= 0.6 is 15.9 Å². The standard InChI is InChI=1S/C11H9BrF4O2/c12-9-2-1-6(13)3-8(9)10(11(14,15)16)18-5-7-4-17-7/h1-3,7,10H,4-5H2. The molecule has 7 heteroatoms. The van der Waals surface area contributed by atoms with Crippen molar-refractivity contribution in [1.82, 2.24) is 0 Å². The molecule has 1 heterocycles. The summed E-state index contributed by atoms with van der Waals surface area (Å²) in [5.41, 5.74) is -0.275. The van der Waals surface area contributed by atoms with Gasteiger partial charge >= 0.3 is 6.18 Å². The Labute approximate surface area is 109 Å². The van der Waals surface area contributed by atoms with Crippen molar-refractivity contribution < 1.29 is 27.0 Å². The predicted molar refractivity (Wildman–Crippen MR) is 58.6 cm³/mol. The largest absolute Gasteiger partial charge is 0.418 e. The minimum atomic E-state index is -4.61. The Balaban J connectivity index is 2.23. The molecule has 0 aromatic heterocycles. The van der Waals surface area contributed by atoms with Gasteiger partial charge < -0.3 is 9.47 Å². The number of hydrogen-bond donors (Lipinski definition) is 0. The van der Waals surface area contributed by atoms with E-state index in [0.29, 0.717) is 6.61 Å². The quantitative estimate of drug-likeness (QED) is 0.622.